The minimum atomic E-state index is 0.0281. The van der Waals surface area contributed by atoms with Crippen LogP contribution in [0.4, 0.5) is 0 Å². The molecule has 11 heteroatoms. The number of hydrogen-bond donors (Lipinski definition) is 0. The molecule has 0 radical (unpaired) electrons. The van der Waals surface area contributed by atoms with Crippen LogP contribution >= 0.6 is 95.6 Å². The molecule has 2 fully saturated rings. The summed E-state index contributed by atoms with van der Waals surface area (Å²) in [6.07, 6.45) is 3.92. The van der Waals surface area contributed by atoms with Crippen molar-refractivity contribution >= 4 is 95.6 Å². The van der Waals surface area contributed by atoms with E-state index in [-0.39, 0.29) is 23.0 Å². The van der Waals surface area contributed by atoms with Gasteiger partial charge < -0.3 is 23.7 Å². The normalized spacial score (nSPS) is 26.2. The molecule has 2 saturated heterocycles. The van der Waals surface area contributed by atoms with E-state index >= 15 is 0 Å². The highest BCUT2D eigenvalue weighted by atomic mass is 79.9. The van der Waals surface area contributed by atoms with Crippen molar-refractivity contribution in [1.82, 2.24) is 0 Å². The van der Waals surface area contributed by atoms with Gasteiger partial charge in [0.15, 0.2) is 0 Å². The zero-order valence-corrected chi connectivity index (χ0v) is 31.4. The summed E-state index contributed by atoms with van der Waals surface area (Å²) in [5, 5.41) is 0. The molecule has 0 N–H and O–H groups in total. The van der Waals surface area contributed by atoms with Gasteiger partial charge in [0.05, 0.1) is 60.8 Å². The van der Waals surface area contributed by atoms with E-state index in [1.54, 1.807) is 0 Å². The zero-order valence-electron chi connectivity index (χ0n) is 21.8. The standard InChI is InChI=1S/C28H32Br6O5/c1-3-27(15-38-21(27)9-11-36-19-7-5-17(29)23(31)25(19)33)13-35-14-28(4-2)16-39-22(28)10-12-37-20-8-6-18(30)24(32)26(20)34/h5-8,21-22H,3-4,9-16H2,1-2H3. The van der Waals surface area contributed by atoms with Gasteiger partial charge in [0.25, 0.3) is 0 Å². The first kappa shape index (κ1) is 32.7. The van der Waals surface area contributed by atoms with Crippen LogP contribution in [-0.4, -0.2) is 51.8 Å². The molecule has 5 nitrogen and oxygen atoms in total. The lowest BCUT2D eigenvalue weighted by atomic mass is 9.74. The van der Waals surface area contributed by atoms with Crippen molar-refractivity contribution in [3.05, 3.63) is 51.1 Å². The van der Waals surface area contributed by atoms with Gasteiger partial charge >= 0.3 is 0 Å². The van der Waals surface area contributed by atoms with Gasteiger partial charge in [-0.15, -0.1) is 0 Å². The lowest BCUT2D eigenvalue weighted by Crippen LogP contribution is -2.57. The van der Waals surface area contributed by atoms with Gasteiger partial charge in [-0.2, -0.15) is 0 Å². The maximum absolute atomic E-state index is 6.44. The van der Waals surface area contributed by atoms with Gasteiger partial charge in [-0.25, -0.2) is 0 Å². The first-order valence-corrected chi connectivity index (χ1v) is 17.8. The van der Waals surface area contributed by atoms with Crippen molar-refractivity contribution in [2.75, 3.05) is 39.6 Å². The molecule has 39 heavy (non-hydrogen) atoms. The lowest BCUT2D eigenvalue weighted by molar-refractivity contribution is -0.247. The van der Waals surface area contributed by atoms with E-state index in [2.05, 4.69) is 109 Å². The van der Waals surface area contributed by atoms with Crippen LogP contribution in [0.1, 0.15) is 39.5 Å². The molecule has 0 spiro atoms. The van der Waals surface area contributed by atoms with Crippen molar-refractivity contribution in [1.29, 1.82) is 0 Å². The number of hydrogen-bond acceptors (Lipinski definition) is 5. The van der Waals surface area contributed by atoms with Crippen LogP contribution in [0.15, 0.2) is 51.1 Å². The molecule has 2 aromatic carbocycles. The van der Waals surface area contributed by atoms with Gasteiger partial charge in [0, 0.05) is 41.6 Å². The zero-order chi connectivity index (χ0) is 28.2. The highest BCUT2D eigenvalue weighted by molar-refractivity contribution is 9.15. The number of benzene rings is 2. The summed E-state index contributed by atoms with van der Waals surface area (Å²) in [5.41, 5.74) is 0.0561. The summed E-state index contributed by atoms with van der Waals surface area (Å²) in [6.45, 7) is 8.45. The van der Waals surface area contributed by atoms with Crippen LogP contribution in [-0.2, 0) is 14.2 Å². The third-order valence-corrected chi connectivity index (χ3v) is 14.6. The average Bonchev–Trinajstić information content (AvgIpc) is 2.92. The van der Waals surface area contributed by atoms with Crippen LogP contribution < -0.4 is 9.47 Å². The first-order chi connectivity index (χ1) is 18.7. The molecule has 2 aliphatic rings. The Kier molecular flexibility index (Phi) is 12.2. The third kappa shape index (κ3) is 7.31. The molecule has 0 amide bonds. The molecular formula is C28H32Br6O5. The summed E-state index contributed by atoms with van der Waals surface area (Å²) in [7, 11) is 0. The van der Waals surface area contributed by atoms with E-state index in [0.717, 1.165) is 77.2 Å². The van der Waals surface area contributed by atoms with E-state index in [1.165, 1.54) is 0 Å². The Balaban J connectivity index is 1.24. The highest BCUT2D eigenvalue weighted by Crippen LogP contribution is 2.45. The van der Waals surface area contributed by atoms with Crippen molar-refractivity contribution in [3.63, 3.8) is 0 Å². The van der Waals surface area contributed by atoms with Gasteiger partial charge in [-0.05, 0) is 133 Å². The summed E-state index contributed by atoms with van der Waals surface area (Å²) in [4.78, 5) is 0. The largest absolute Gasteiger partial charge is 0.492 e. The fourth-order valence-electron chi connectivity index (χ4n) is 5.03. The second kappa shape index (κ2) is 14.5. The Labute approximate surface area is 281 Å². The molecule has 0 saturated carbocycles. The Morgan fingerprint density at radius 3 is 1.41 bits per heavy atom. The molecule has 2 heterocycles. The van der Waals surface area contributed by atoms with Crippen LogP contribution in [0.25, 0.3) is 0 Å². The molecule has 4 atom stereocenters. The Morgan fingerprint density at radius 2 is 1.08 bits per heavy atom. The van der Waals surface area contributed by atoms with E-state index in [4.69, 9.17) is 23.7 Å². The fraction of sp³-hybridized carbons (Fsp3) is 0.571. The SMILES string of the molecule is CCC1(COCC2(CC)COC2CCOc2ccc(Br)c(Br)c2Br)COC1CCOc1ccc(Br)c(Br)c1Br. The van der Waals surface area contributed by atoms with Crippen molar-refractivity contribution < 1.29 is 23.7 Å². The highest BCUT2D eigenvalue weighted by Gasteiger charge is 2.50. The minimum absolute atomic E-state index is 0.0281. The second-order valence-electron chi connectivity index (χ2n) is 10.1. The summed E-state index contributed by atoms with van der Waals surface area (Å²) in [5.74, 6) is 1.63. The Bertz CT molecular complexity index is 1050. The molecule has 0 aromatic heterocycles. The monoisotopic (exact) mass is 922 g/mol. The average molecular weight is 928 g/mol. The smallest absolute Gasteiger partial charge is 0.134 e. The van der Waals surface area contributed by atoms with Crippen molar-refractivity contribution in [2.45, 2.75) is 51.7 Å². The maximum Gasteiger partial charge on any atom is 0.134 e. The van der Waals surface area contributed by atoms with Crippen molar-refractivity contribution in [2.24, 2.45) is 10.8 Å². The summed E-state index contributed by atoms with van der Waals surface area (Å²) < 4.78 is 36.2. The quantitative estimate of drug-likeness (QED) is 0.177. The van der Waals surface area contributed by atoms with Gasteiger partial charge in [-0.1, -0.05) is 13.8 Å². The molecule has 216 valence electrons. The third-order valence-electron chi connectivity index (χ3n) is 7.97. The summed E-state index contributed by atoms with van der Waals surface area (Å²) >= 11 is 21.4. The molecule has 0 aliphatic carbocycles. The Hall–Kier alpha value is 0.800. The lowest BCUT2D eigenvalue weighted by Gasteiger charge is -2.51. The molecule has 2 aliphatic heterocycles. The van der Waals surface area contributed by atoms with E-state index in [1.807, 2.05) is 24.3 Å². The molecular weight excluding hydrogens is 896 g/mol. The molecule has 4 rings (SSSR count). The summed E-state index contributed by atoms with van der Waals surface area (Å²) in [6, 6.07) is 7.86. The van der Waals surface area contributed by atoms with E-state index in [9.17, 15) is 0 Å². The van der Waals surface area contributed by atoms with Gasteiger partial charge in [-0.3, -0.25) is 0 Å². The minimum Gasteiger partial charge on any atom is -0.492 e. The van der Waals surface area contributed by atoms with Crippen LogP contribution in [0.2, 0.25) is 0 Å². The van der Waals surface area contributed by atoms with Gasteiger partial charge in [0.1, 0.15) is 11.5 Å². The fourth-order valence-corrected chi connectivity index (χ4v) is 7.80. The number of ether oxygens (including phenoxy) is 5. The van der Waals surface area contributed by atoms with E-state index in [0.29, 0.717) is 26.4 Å². The van der Waals surface area contributed by atoms with Crippen LogP contribution in [0, 0.1) is 10.8 Å². The topological polar surface area (TPSA) is 46.2 Å². The first-order valence-electron chi connectivity index (χ1n) is 13.0. The second-order valence-corrected chi connectivity index (χ2v) is 15.0. The molecule has 0 bridgehead atoms. The predicted octanol–water partition coefficient (Wildman–Crippen LogP) is 10.1. The maximum atomic E-state index is 6.44. The van der Waals surface area contributed by atoms with E-state index < -0.39 is 0 Å². The van der Waals surface area contributed by atoms with Crippen LogP contribution in [0.3, 0.4) is 0 Å². The Morgan fingerprint density at radius 1 is 0.667 bits per heavy atom. The molecule has 4 unspecified atom stereocenters. The van der Waals surface area contributed by atoms with Crippen LogP contribution in [0.5, 0.6) is 11.5 Å². The van der Waals surface area contributed by atoms with Crippen molar-refractivity contribution in [3.8, 4) is 11.5 Å². The van der Waals surface area contributed by atoms with Gasteiger partial charge in [0.2, 0.25) is 0 Å². The number of rotatable bonds is 14. The predicted molar refractivity (Wildman–Crippen MR) is 175 cm³/mol. The number of halogens is 6. The molecule has 2 aromatic rings.